The van der Waals surface area contributed by atoms with Gasteiger partial charge in [0.15, 0.2) is 0 Å². The molecule has 0 bridgehead atoms. The van der Waals surface area contributed by atoms with Gasteiger partial charge in [-0.25, -0.2) is 4.98 Å². The Morgan fingerprint density at radius 3 is 2.80 bits per heavy atom. The number of pyridine rings is 1. The lowest BCUT2D eigenvalue weighted by Gasteiger charge is -1.98. The molecule has 1 heterocycles. The van der Waals surface area contributed by atoms with Crippen LogP contribution in [0.4, 0.5) is 0 Å². The molecule has 3 heteroatoms. The van der Waals surface area contributed by atoms with Crippen molar-refractivity contribution in [3.8, 4) is 5.88 Å². The molecule has 0 amide bonds. The first-order valence-corrected chi connectivity index (χ1v) is 3.06. The molecule has 54 valence electrons. The van der Waals surface area contributed by atoms with E-state index in [0.717, 1.165) is 5.56 Å². The Balaban J connectivity index is 2.80. The van der Waals surface area contributed by atoms with Crippen LogP contribution in [0, 0.1) is 0 Å². The van der Waals surface area contributed by atoms with Crippen LogP contribution in [-0.2, 0) is 6.54 Å². The molecule has 1 rings (SSSR count). The maximum Gasteiger partial charge on any atom is 0.212 e. The van der Waals surface area contributed by atoms with E-state index < -0.39 is 0 Å². The van der Waals surface area contributed by atoms with Gasteiger partial charge >= 0.3 is 0 Å². The highest BCUT2D eigenvalue weighted by Gasteiger charge is 1.90. The number of aromatic nitrogens is 1. The van der Waals surface area contributed by atoms with Crippen LogP contribution in [0.25, 0.3) is 0 Å². The van der Waals surface area contributed by atoms with Crippen LogP contribution in [0.3, 0.4) is 0 Å². The monoisotopic (exact) mass is 138 g/mol. The summed E-state index contributed by atoms with van der Waals surface area (Å²) < 4.78 is 4.86. The van der Waals surface area contributed by atoms with Crippen molar-refractivity contribution in [3.05, 3.63) is 23.9 Å². The largest absolute Gasteiger partial charge is 0.481 e. The van der Waals surface area contributed by atoms with Gasteiger partial charge in [-0.05, 0) is 5.56 Å². The minimum atomic E-state index is 0.525. The summed E-state index contributed by atoms with van der Waals surface area (Å²) >= 11 is 0. The minimum absolute atomic E-state index is 0.525. The summed E-state index contributed by atoms with van der Waals surface area (Å²) in [5.74, 6) is 0.622. The third-order valence-corrected chi connectivity index (χ3v) is 1.24. The number of hydrogen-bond donors (Lipinski definition) is 1. The second-order valence-electron chi connectivity index (χ2n) is 1.91. The van der Waals surface area contributed by atoms with Crippen LogP contribution in [0.2, 0.25) is 0 Å². The van der Waals surface area contributed by atoms with Crippen molar-refractivity contribution in [1.82, 2.24) is 4.98 Å². The molecule has 0 fully saturated rings. The molecule has 3 nitrogen and oxygen atoms in total. The van der Waals surface area contributed by atoms with Crippen molar-refractivity contribution in [2.45, 2.75) is 6.54 Å². The number of rotatable bonds is 2. The Labute approximate surface area is 59.8 Å². The molecule has 1 aromatic rings. The summed E-state index contributed by atoms with van der Waals surface area (Å²) in [6, 6.07) is 3.69. The van der Waals surface area contributed by atoms with Gasteiger partial charge < -0.3 is 10.5 Å². The minimum Gasteiger partial charge on any atom is -0.481 e. The molecule has 0 spiro atoms. The highest BCUT2D eigenvalue weighted by molar-refractivity contribution is 5.17. The van der Waals surface area contributed by atoms with Crippen LogP contribution in [0.5, 0.6) is 5.88 Å². The van der Waals surface area contributed by atoms with Crippen molar-refractivity contribution >= 4 is 0 Å². The van der Waals surface area contributed by atoms with E-state index in [1.807, 2.05) is 6.07 Å². The molecular weight excluding hydrogens is 128 g/mol. The molecule has 2 N–H and O–H groups in total. The first kappa shape index (κ1) is 7.02. The average Bonchev–Trinajstić information content (AvgIpc) is 2.05. The highest BCUT2D eigenvalue weighted by atomic mass is 16.5. The van der Waals surface area contributed by atoms with E-state index in [4.69, 9.17) is 10.5 Å². The molecule has 0 aliphatic rings. The van der Waals surface area contributed by atoms with Crippen molar-refractivity contribution in [2.24, 2.45) is 5.73 Å². The maximum atomic E-state index is 5.36. The standard InChI is InChI=1S/C7H10N2O/c1-10-7-3-2-6(4-8)5-9-7/h2-3,5H,4,8H2,1H3. The second kappa shape index (κ2) is 3.17. The lowest BCUT2D eigenvalue weighted by molar-refractivity contribution is 0.397. The van der Waals surface area contributed by atoms with Crippen molar-refractivity contribution in [1.29, 1.82) is 0 Å². The molecule has 0 aromatic carbocycles. The van der Waals surface area contributed by atoms with Gasteiger partial charge in [0.1, 0.15) is 0 Å². The third kappa shape index (κ3) is 1.45. The normalized spacial score (nSPS) is 9.40. The van der Waals surface area contributed by atoms with E-state index in [0.29, 0.717) is 12.4 Å². The molecule has 0 saturated carbocycles. The number of methoxy groups -OCH3 is 1. The summed E-state index contributed by atoms with van der Waals surface area (Å²) in [6.45, 7) is 0.525. The number of nitrogens with two attached hydrogens (primary N) is 1. The fourth-order valence-electron chi connectivity index (χ4n) is 0.652. The lowest BCUT2D eigenvalue weighted by Crippen LogP contribution is -1.97. The zero-order chi connectivity index (χ0) is 7.40. The van der Waals surface area contributed by atoms with E-state index in [9.17, 15) is 0 Å². The molecule has 0 unspecified atom stereocenters. The number of ether oxygens (including phenoxy) is 1. The van der Waals surface area contributed by atoms with E-state index in [2.05, 4.69) is 4.98 Å². The molecule has 0 radical (unpaired) electrons. The van der Waals surface area contributed by atoms with Gasteiger partial charge in [0, 0.05) is 18.8 Å². The van der Waals surface area contributed by atoms with Crippen LogP contribution in [-0.4, -0.2) is 12.1 Å². The van der Waals surface area contributed by atoms with Gasteiger partial charge in [-0.2, -0.15) is 0 Å². The zero-order valence-corrected chi connectivity index (χ0v) is 5.87. The van der Waals surface area contributed by atoms with E-state index >= 15 is 0 Å². The van der Waals surface area contributed by atoms with Gasteiger partial charge in [-0.1, -0.05) is 6.07 Å². The Morgan fingerprint density at radius 1 is 1.60 bits per heavy atom. The Bertz CT molecular complexity index is 172. The first-order valence-electron chi connectivity index (χ1n) is 3.06. The highest BCUT2D eigenvalue weighted by Crippen LogP contribution is 2.04. The SMILES string of the molecule is COc1ccc(CN)cn1. The summed E-state index contributed by atoms with van der Waals surface area (Å²) in [5, 5.41) is 0. The predicted molar refractivity (Wildman–Crippen MR) is 38.7 cm³/mol. The topological polar surface area (TPSA) is 48.1 Å². The summed E-state index contributed by atoms with van der Waals surface area (Å²) in [6.07, 6.45) is 1.71. The Hall–Kier alpha value is -1.09. The molecule has 0 aliphatic heterocycles. The zero-order valence-electron chi connectivity index (χ0n) is 5.87. The average molecular weight is 138 g/mol. The third-order valence-electron chi connectivity index (χ3n) is 1.24. The van der Waals surface area contributed by atoms with Gasteiger partial charge in [0.05, 0.1) is 7.11 Å². The summed E-state index contributed by atoms with van der Waals surface area (Å²) in [4.78, 5) is 3.97. The fraction of sp³-hybridized carbons (Fsp3) is 0.286. The summed E-state index contributed by atoms with van der Waals surface area (Å²) in [5.41, 5.74) is 6.38. The van der Waals surface area contributed by atoms with Crippen LogP contribution in [0.1, 0.15) is 5.56 Å². The first-order chi connectivity index (χ1) is 4.86. The quantitative estimate of drug-likeness (QED) is 0.649. The van der Waals surface area contributed by atoms with Gasteiger partial charge in [-0.15, -0.1) is 0 Å². The van der Waals surface area contributed by atoms with Crippen molar-refractivity contribution < 1.29 is 4.74 Å². The molecule has 0 atom stereocenters. The van der Waals surface area contributed by atoms with Gasteiger partial charge in [0.25, 0.3) is 0 Å². The molecule has 10 heavy (non-hydrogen) atoms. The smallest absolute Gasteiger partial charge is 0.212 e. The van der Waals surface area contributed by atoms with Crippen molar-refractivity contribution in [3.63, 3.8) is 0 Å². The van der Waals surface area contributed by atoms with Crippen LogP contribution < -0.4 is 10.5 Å². The summed E-state index contributed by atoms with van der Waals surface area (Å²) in [7, 11) is 1.59. The van der Waals surface area contributed by atoms with Crippen molar-refractivity contribution in [2.75, 3.05) is 7.11 Å². The predicted octanol–water partition coefficient (Wildman–Crippen LogP) is 0.549. The lowest BCUT2D eigenvalue weighted by atomic mass is 10.3. The maximum absolute atomic E-state index is 5.36. The van der Waals surface area contributed by atoms with Crippen LogP contribution in [0.15, 0.2) is 18.3 Å². The molecule has 0 saturated heterocycles. The molecule has 0 aliphatic carbocycles. The van der Waals surface area contributed by atoms with E-state index in [1.54, 1.807) is 19.4 Å². The number of hydrogen-bond acceptors (Lipinski definition) is 3. The second-order valence-corrected chi connectivity index (χ2v) is 1.91. The molecule has 1 aromatic heterocycles. The van der Waals surface area contributed by atoms with E-state index in [1.165, 1.54) is 0 Å². The number of nitrogens with zero attached hydrogens (tertiary/aromatic N) is 1. The molecular formula is C7H10N2O. The Kier molecular flexibility index (Phi) is 2.23. The van der Waals surface area contributed by atoms with Crippen LogP contribution >= 0.6 is 0 Å². The van der Waals surface area contributed by atoms with Gasteiger partial charge in [-0.3, -0.25) is 0 Å². The fourth-order valence-corrected chi connectivity index (χ4v) is 0.652. The van der Waals surface area contributed by atoms with Gasteiger partial charge in [0.2, 0.25) is 5.88 Å². The van der Waals surface area contributed by atoms with E-state index in [-0.39, 0.29) is 0 Å². The Morgan fingerprint density at radius 2 is 2.40 bits per heavy atom.